The molecule has 0 radical (unpaired) electrons. The molecule has 0 aromatic heterocycles. The summed E-state index contributed by atoms with van der Waals surface area (Å²) in [5.41, 5.74) is -0.109. The Hall–Kier alpha value is -0.650. The maximum Gasteiger partial charge on any atom is 0.308 e. The van der Waals surface area contributed by atoms with Crippen LogP contribution in [0.4, 0.5) is 0 Å². The molecule has 1 aliphatic heterocycles. The first-order chi connectivity index (χ1) is 8.43. The first-order valence-electron chi connectivity index (χ1n) is 6.64. The van der Waals surface area contributed by atoms with E-state index >= 15 is 0 Å². The van der Waals surface area contributed by atoms with Crippen molar-refractivity contribution in [2.45, 2.75) is 57.8 Å². The summed E-state index contributed by atoms with van der Waals surface area (Å²) >= 11 is 0. The summed E-state index contributed by atoms with van der Waals surface area (Å²) in [4.78, 5) is 11.2. The Labute approximate surface area is 109 Å². The summed E-state index contributed by atoms with van der Waals surface area (Å²) in [6.45, 7) is 7.39. The van der Waals surface area contributed by atoms with Crippen LogP contribution in [0.2, 0.25) is 0 Å². The Bertz CT molecular complexity index is 268. The molecule has 0 aromatic rings. The van der Waals surface area contributed by atoms with Crippen molar-refractivity contribution >= 4 is 5.97 Å². The van der Waals surface area contributed by atoms with Gasteiger partial charge in [-0.2, -0.15) is 0 Å². The van der Waals surface area contributed by atoms with Gasteiger partial charge in [-0.3, -0.25) is 4.79 Å². The lowest BCUT2D eigenvalue weighted by Gasteiger charge is -2.36. The standard InChI is InChI=1S/C13H25NO4/c1-4-17-12(16)7-11(15)9-14-10-5-6-18-13(2,3)8-10/h10-11,14-15H,4-9H2,1-3H3. The van der Waals surface area contributed by atoms with E-state index < -0.39 is 6.10 Å². The van der Waals surface area contributed by atoms with E-state index in [0.29, 0.717) is 19.2 Å². The summed E-state index contributed by atoms with van der Waals surface area (Å²) in [6.07, 6.45) is 1.22. The van der Waals surface area contributed by atoms with Crippen molar-refractivity contribution in [1.29, 1.82) is 0 Å². The van der Waals surface area contributed by atoms with Crippen LogP contribution >= 0.6 is 0 Å². The average molecular weight is 259 g/mol. The third kappa shape index (κ3) is 5.80. The van der Waals surface area contributed by atoms with Crippen LogP contribution in [0.25, 0.3) is 0 Å². The number of rotatable bonds is 6. The lowest BCUT2D eigenvalue weighted by molar-refractivity contribution is -0.145. The van der Waals surface area contributed by atoms with Crippen molar-refractivity contribution in [2.24, 2.45) is 0 Å². The first-order valence-corrected chi connectivity index (χ1v) is 6.64. The highest BCUT2D eigenvalue weighted by atomic mass is 16.5. The highest BCUT2D eigenvalue weighted by molar-refractivity contribution is 5.69. The molecule has 1 saturated heterocycles. The number of esters is 1. The zero-order valence-corrected chi connectivity index (χ0v) is 11.6. The molecular formula is C13H25NO4. The Balaban J connectivity index is 2.21. The van der Waals surface area contributed by atoms with Gasteiger partial charge in [-0.15, -0.1) is 0 Å². The molecule has 0 amide bonds. The Morgan fingerprint density at radius 1 is 1.61 bits per heavy atom. The van der Waals surface area contributed by atoms with Gasteiger partial charge in [0, 0.05) is 19.2 Å². The summed E-state index contributed by atoms with van der Waals surface area (Å²) < 4.78 is 10.4. The monoisotopic (exact) mass is 259 g/mol. The van der Waals surface area contributed by atoms with Crippen LogP contribution in [0.15, 0.2) is 0 Å². The molecule has 1 aliphatic rings. The molecule has 2 unspecified atom stereocenters. The van der Waals surface area contributed by atoms with Gasteiger partial charge in [0.2, 0.25) is 0 Å². The fourth-order valence-electron chi connectivity index (χ4n) is 2.19. The van der Waals surface area contributed by atoms with Gasteiger partial charge in [0.25, 0.3) is 0 Å². The summed E-state index contributed by atoms with van der Waals surface area (Å²) in [6, 6.07) is 0.339. The number of hydrogen-bond donors (Lipinski definition) is 2. The van der Waals surface area contributed by atoms with Crippen molar-refractivity contribution in [3.63, 3.8) is 0 Å². The number of carbonyl (C=O) groups is 1. The van der Waals surface area contributed by atoms with Gasteiger partial charge < -0.3 is 19.9 Å². The van der Waals surface area contributed by atoms with E-state index in [4.69, 9.17) is 9.47 Å². The van der Waals surface area contributed by atoms with Crippen molar-refractivity contribution in [1.82, 2.24) is 5.32 Å². The van der Waals surface area contributed by atoms with Gasteiger partial charge in [0.05, 0.1) is 24.7 Å². The number of aliphatic hydroxyl groups is 1. The normalized spacial score (nSPS) is 24.6. The zero-order chi connectivity index (χ0) is 13.6. The molecule has 1 heterocycles. The second kappa shape index (κ2) is 7.07. The minimum atomic E-state index is -0.685. The van der Waals surface area contributed by atoms with Gasteiger partial charge in [0.15, 0.2) is 0 Å². The van der Waals surface area contributed by atoms with Crippen LogP contribution < -0.4 is 5.32 Å². The molecule has 0 aliphatic carbocycles. The lowest BCUT2D eigenvalue weighted by Crippen LogP contribution is -2.46. The van der Waals surface area contributed by atoms with Gasteiger partial charge in [-0.1, -0.05) is 0 Å². The van der Waals surface area contributed by atoms with Gasteiger partial charge in [-0.05, 0) is 33.6 Å². The molecule has 0 aromatic carbocycles. The van der Waals surface area contributed by atoms with Crippen LogP contribution in [-0.2, 0) is 14.3 Å². The largest absolute Gasteiger partial charge is 0.466 e. The van der Waals surface area contributed by atoms with Gasteiger partial charge in [0.1, 0.15) is 0 Å². The van der Waals surface area contributed by atoms with E-state index in [2.05, 4.69) is 19.2 Å². The minimum absolute atomic E-state index is 0.0491. The van der Waals surface area contributed by atoms with Crippen LogP contribution in [0, 0.1) is 0 Å². The van der Waals surface area contributed by atoms with Crippen LogP contribution in [-0.4, -0.2) is 48.6 Å². The third-order valence-electron chi connectivity index (χ3n) is 3.05. The summed E-state index contributed by atoms with van der Waals surface area (Å²) in [5.74, 6) is -0.348. The molecule has 5 nitrogen and oxygen atoms in total. The molecule has 2 N–H and O–H groups in total. The molecular weight excluding hydrogens is 234 g/mol. The number of hydrogen-bond acceptors (Lipinski definition) is 5. The summed E-state index contributed by atoms with van der Waals surface area (Å²) in [7, 11) is 0. The van der Waals surface area contributed by atoms with Crippen LogP contribution in [0.5, 0.6) is 0 Å². The molecule has 1 rings (SSSR count). The second-order valence-corrected chi connectivity index (χ2v) is 5.37. The van der Waals surface area contributed by atoms with Gasteiger partial charge in [-0.25, -0.2) is 0 Å². The number of nitrogens with one attached hydrogen (secondary N) is 1. The molecule has 0 spiro atoms. The molecule has 5 heteroatoms. The fourth-order valence-corrected chi connectivity index (χ4v) is 2.19. The highest BCUT2D eigenvalue weighted by Gasteiger charge is 2.28. The maximum atomic E-state index is 11.2. The van der Waals surface area contributed by atoms with Crippen molar-refractivity contribution in [3.05, 3.63) is 0 Å². The van der Waals surface area contributed by atoms with E-state index in [1.165, 1.54) is 0 Å². The highest BCUT2D eigenvalue weighted by Crippen LogP contribution is 2.23. The predicted octanol–water partition coefficient (Wildman–Crippen LogP) is 0.848. The van der Waals surface area contributed by atoms with Crippen molar-refractivity contribution in [3.8, 4) is 0 Å². The molecule has 106 valence electrons. The maximum absolute atomic E-state index is 11.2. The first kappa shape index (κ1) is 15.4. The predicted molar refractivity (Wildman–Crippen MR) is 68.3 cm³/mol. The fraction of sp³-hybridized carbons (Fsp3) is 0.923. The molecule has 2 atom stereocenters. The van der Waals surface area contributed by atoms with E-state index in [0.717, 1.165) is 19.4 Å². The van der Waals surface area contributed by atoms with Crippen molar-refractivity contribution < 1.29 is 19.4 Å². The Morgan fingerprint density at radius 2 is 2.33 bits per heavy atom. The average Bonchev–Trinajstić information content (AvgIpc) is 2.25. The molecule has 0 bridgehead atoms. The third-order valence-corrected chi connectivity index (χ3v) is 3.05. The van der Waals surface area contributed by atoms with Crippen molar-refractivity contribution in [2.75, 3.05) is 19.8 Å². The van der Waals surface area contributed by atoms with E-state index in [1.807, 2.05) is 0 Å². The summed E-state index contributed by atoms with van der Waals surface area (Å²) in [5, 5.41) is 13.0. The number of carbonyl (C=O) groups excluding carboxylic acids is 1. The molecule has 18 heavy (non-hydrogen) atoms. The molecule has 0 saturated carbocycles. The molecule has 1 fully saturated rings. The van der Waals surface area contributed by atoms with Crippen LogP contribution in [0.3, 0.4) is 0 Å². The lowest BCUT2D eigenvalue weighted by atomic mass is 9.94. The van der Waals surface area contributed by atoms with E-state index in [-0.39, 0.29) is 18.0 Å². The van der Waals surface area contributed by atoms with Crippen LogP contribution in [0.1, 0.15) is 40.0 Å². The smallest absolute Gasteiger partial charge is 0.308 e. The number of aliphatic hydroxyl groups excluding tert-OH is 1. The van der Waals surface area contributed by atoms with E-state index in [9.17, 15) is 9.90 Å². The quantitative estimate of drug-likeness (QED) is 0.692. The van der Waals surface area contributed by atoms with Gasteiger partial charge >= 0.3 is 5.97 Å². The SMILES string of the molecule is CCOC(=O)CC(O)CNC1CCOC(C)(C)C1. The zero-order valence-electron chi connectivity index (χ0n) is 11.6. The number of ether oxygens (including phenoxy) is 2. The minimum Gasteiger partial charge on any atom is -0.466 e. The Kier molecular flexibility index (Phi) is 6.05. The Morgan fingerprint density at radius 3 is 2.94 bits per heavy atom. The van der Waals surface area contributed by atoms with E-state index in [1.54, 1.807) is 6.92 Å². The topological polar surface area (TPSA) is 67.8 Å². The second-order valence-electron chi connectivity index (χ2n) is 5.37.